The summed E-state index contributed by atoms with van der Waals surface area (Å²) < 4.78 is 1.67. The molecule has 0 radical (unpaired) electrons. The lowest BCUT2D eigenvalue weighted by Crippen LogP contribution is -2.25. The number of rotatable bonds is 8. The summed E-state index contributed by atoms with van der Waals surface area (Å²) in [5, 5.41) is 9.69. The summed E-state index contributed by atoms with van der Waals surface area (Å²) in [4.78, 5) is 28.7. The van der Waals surface area contributed by atoms with Gasteiger partial charge >= 0.3 is 5.97 Å². The van der Waals surface area contributed by atoms with Crippen LogP contribution in [0.15, 0.2) is 59.4 Å². The van der Waals surface area contributed by atoms with Gasteiger partial charge in [0.2, 0.25) is 0 Å². The smallest absolute Gasteiger partial charge is 0.335 e. The van der Waals surface area contributed by atoms with Gasteiger partial charge in [-0.2, -0.15) is 0 Å². The van der Waals surface area contributed by atoms with Crippen molar-refractivity contribution in [3.05, 3.63) is 86.9 Å². The maximum atomic E-state index is 12.9. The number of nitrogens with zero attached hydrogens (tertiary/aromatic N) is 2. The average molecular weight is 411 g/mol. The van der Waals surface area contributed by atoms with E-state index in [0.29, 0.717) is 23.7 Å². The van der Waals surface area contributed by atoms with Crippen LogP contribution in [0.5, 0.6) is 0 Å². The van der Waals surface area contributed by atoms with Crippen LogP contribution in [-0.4, -0.2) is 20.6 Å². The molecule has 0 saturated heterocycles. The Morgan fingerprint density at radius 2 is 1.76 bits per heavy atom. The molecule has 0 spiro atoms. The third-order valence-corrected chi connectivity index (χ3v) is 5.02. The summed E-state index contributed by atoms with van der Waals surface area (Å²) in [7, 11) is 0. The van der Waals surface area contributed by atoms with Gasteiger partial charge in [0.15, 0.2) is 0 Å². The fraction of sp³-hybridized carbons (Fsp3) is 0.261. The summed E-state index contributed by atoms with van der Waals surface area (Å²) in [5.41, 5.74) is 2.44. The Morgan fingerprint density at radius 1 is 1.07 bits per heavy atom. The predicted octanol–water partition coefficient (Wildman–Crippen LogP) is 5.04. The lowest BCUT2D eigenvalue weighted by molar-refractivity contribution is 0.0697. The van der Waals surface area contributed by atoms with Crippen molar-refractivity contribution in [2.75, 3.05) is 0 Å². The highest BCUT2D eigenvalue weighted by atomic mass is 35.5. The van der Waals surface area contributed by atoms with E-state index in [1.54, 1.807) is 41.0 Å². The Bertz CT molecular complexity index is 1040. The van der Waals surface area contributed by atoms with Gasteiger partial charge in [-0.3, -0.25) is 9.36 Å². The van der Waals surface area contributed by atoms with Crippen LogP contribution in [0.3, 0.4) is 0 Å². The number of aryl methyl sites for hydroxylation is 1. The Balaban J connectivity index is 1.96. The van der Waals surface area contributed by atoms with Gasteiger partial charge in [0.05, 0.1) is 17.8 Å². The van der Waals surface area contributed by atoms with Crippen LogP contribution in [0.25, 0.3) is 11.3 Å². The maximum absolute atomic E-state index is 12.9. The van der Waals surface area contributed by atoms with Crippen LogP contribution < -0.4 is 5.56 Å². The van der Waals surface area contributed by atoms with Gasteiger partial charge in [-0.25, -0.2) is 9.78 Å². The molecule has 6 heteroatoms. The summed E-state index contributed by atoms with van der Waals surface area (Å²) in [6, 6.07) is 15.4. The van der Waals surface area contributed by atoms with Gasteiger partial charge in [0.25, 0.3) is 5.56 Å². The highest BCUT2D eigenvalue weighted by Crippen LogP contribution is 2.20. The minimum Gasteiger partial charge on any atom is -0.478 e. The quantitative estimate of drug-likeness (QED) is 0.528. The lowest BCUT2D eigenvalue weighted by Gasteiger charge is -2.14. The van der Waals surface area contributed by atoms with E-state index in [9.17, 15) is 9.59 Å². The van der Waals surface area contributed by atoms with Crippen molar-refractivity contribution >= 4 is 17.6 Å². The largest absolute Gasteiger partial charge is 0.478 e. The molecule has 0 unspecified atom stereocenters. The van der Waals surface area contributed by atoms with E-state index in [-0.39, 0.29) is 11.1 Å². The molecule has 1 aromatic heterocycles. The molecular formula is C23H23ClN2O3. The first kappa shape index (κ1) is 20.8. The van der Waals surface area contributed by atoms with Gasteiger partial charge in [-0.1, -0.05) is 55.6 Å². The number of carboxylic acids is 1. The second-order valence-electron chi connectivity index (χ2n) is 6.95. The van der Waals surface area contributed by atoms with Crippen molar-refractivity contribution in [2.24, 2.45) is 0 Å². The van der Waals surface area contributed by atoms with Gasteiger partial charge < -0.3 is 5.11 Å². The fourth-order valence-electron chi connectivity index (χ4n) is 3.15. The minimum absolute atomic E-state index is 0.126. The fourth-order valence-corrected chi connectivity index (χ4v) is 3.28. The lowest BCUT2D eigenvalue weighted by atomic mass is 10.1. The molecule has 150 valence electrons. The maximum Gasteiger partial charge on any atom is 0.335 e. The standard InChI is InChI=1S/C23H23ClN2O3/c1-2-3-4-5-21-25-20(17-10-12-19(24)13-11-17)14-22(27)26(21)15-16-6-8-18(9-7-16)23(28)29/h6-14H,2-5,15H2,1H3,(H,28,29). The number of hydrogen-bond donors (Lipinski definition) is 1. The summed E-state index contributed by atoms with van der Waals surface area (Å²) >= 11 is 5.97. The molecule has 3 aromatic rings. The number of benzene rings is 2. The summed E-state index contributed by atoms with van der Waals surface area (Å²) in [6.45, 7) is 2.49. The van der Waals surface area contributed by atoms with Crippen LogP contribution in [0, 0.1) is 0 Å². The molecule has 2 aromatic carbocycles. The van der Waals surface area contributed by atoms with E-state index >= 15 is 0 Å². The monoisotopic (exact) mass is 410 g/mol. The second-order valence-corrected chi connectivity index (χ2v) is 7.38. The summed E-state index contributed by atoms with van der Waals surface area (Å²) in [5.74, 6) is -0.235. The molecule has 0 aliphatic heterocycles. The van der Waals surface area contributed by atoms with Gasteiger partial charge in [-0.15, -0.1) is 0 Å². The van der Waals surface area contributed by atoms with E-state index in [1.807, 2.05) is 12.1 Å². The first-order chi connectivity index (χ1) is 14.0. The SMILES string of the molecule is CCCCCc1nc(-c2ccc(Cl)cc2)cc(=O)n1Cc1ccc(C(=O)O)cc1. The summed E-state index contributed by atoms with van der Waals surface area (Å²) in [6.07, 6.45) is 3.80. The Hall–Kier alpha value is -2.92. The van der Waals surface area contributed by atoms with Crippen LogP contribution in [0.4, 0.5) is 0 Å². The van der Waals surface area contributed by atoms with Gasteiger partial charge in [0.1, 0.15) is 5.82 Å². The van der Waals surface area contributed by atoms with Crippen LogP contribution in [-0.2, 0) is 13.0 Å². The molecule has 0 atom stereocenters. The van der Waals surface area contributed by atoms with Crippen molar-refractivity contribution in [1.82, 2.24) is 9.55 Å². The zero-order chi connectivity index (χ0) is 20.8. The molecule has 0 aliphatic rings. The molecule has 1 heterocycles. The third kappa shape index (κ3) is 5.33. The molecule has 0 saturated carbocycles. The topological polar surface area (TPSA) is 72.2 Å². The third-order valence-electron chi connectivity index (χ3n) is 4.77. The normalized spacial score (nSPS) is 10.8. The van der Waals surface area contributed by atoms with Crippen LogP contribution >= 0.6 is 11.6 Å². The number of hydrogen-bond acceptors (Lipinski definition) is 3. The predicted molar refractivity (Wildman–Crippen MR) is 115 cm³/mol. The van der Waals surface area contributed by atoms with Crippen LogP contribution in [0.1, 0.15) is 47.9 Å². The van der Waals surface area contributed by atoms with Gasteiger partial charge in [0, 0.05) is 23.1 Å². The van der Waals surface area contributed by atoms with Gasteiger partial charge in [-0.05, 0) is 36.2 Å². The number of halogens is 1. The number of carboxylic acid groups (broad SMARTS) is 1. The Morgan fingerprint density at radius 3 is 2.38 bits per heavy atom. The zero-order valence-electron chi connectivity index (χ0n) is 16.3. The van der Waals surface area contributed by atoms with E-state index in [0.717, 1.165) is 36.2 Å². The van der Waals surface area contributed by atoms with E-state index in [4.69, 9.17) is 21.7 Å². The number of carbonyl (C=O) groups is 1. The molecule has 0 fully saturated rings. The van der Waals surface area contributed by atoms with Crippen molar-refractivity contribution in [3.63, 3.8) is 0 Å². The molecule has 0 aliphatic carbocycles. The average Bonchev–Trinajstić information content (AvgIpc) is 2.71. The molecular weight excluding hydrogens is 388 g/mol. The molecule has 5 nitrogen and oxygen atoms in total. The minimum atomic E-state index is -0.969. The zero-order valence-corrected chi connectivity index (χ0v) is 17.0. The van der Waals surface area contributed by atoms with Crippen molar-refractivity contribution in [1.29, 1.82) is 0 Å². The number of unbranched alkanes of at least 4 members (excludes halogenated alkanes) is 2. The van der Waals surface area contributed by atoms with Crippen molar-refractivity contribution < 1.29 is 9.90 Å². The highest BCUT2D eigenvalue weighted by molar-refractivity contribution is 6.30. The Labute approximate surface area is 174 Å². The molecule has 29 heavy (non-hydrogen) atoms. The van der Waals surface area contributed by atoms with E-state index < -0.39 is 5.97 Å². The Kier molecular flexibility index (Phi) is 6.83. The highest BCUT2D eigenvalue weighted by Gasteiger charge is 2.12. The van der Waals surface area contributed by atoms with Crippen molar-refractivity contribution in [3.8, 4) is 11.3 Å². The van der Waals surface area contributed by atoms with E-state index in [2.05, 4.69) is 6.92 Å². The molecule has 1 N–H and O–H groups in total. The van der Waals surface area contributed by atoms with E-state index in [1.165, 1.54) is 6.07 Å². The number of aromatic nitrogens is 2. The molecule has 0 amide bonds. The molecule has 3 rings (SSSR count). The van der Waals surface area contributed by atoms with Crippen LogP contribution in [0.2, 0.25) is 5.02 Å². The first-order valence-corrected chi connectivity index (χ1v) is 10.0. The van der Waals surface area contributed by atoms with Crippen molar-refractivity contribution in [2.45, 2.75) is 39.2 Å². The first-order valence-electron chi connectivity index (χ1n) is 9.67. The number of aromatic carboxylic acids is 1. The molecule has 0 bridgehead atoms. The second kappa shape index (κ2) is 9.52.